The molecule has 0 saturated heterocycles. The van der Waals surface area contributed by atoms with Crippen LogP contribution in [0.25, 0.3) is 0 Å². The Morgan fingerprint density at radius 1 is 1.28 bits per heavy atom. The Balaban J connectivity index is 2.14. The summed E-state index contributed by atoms with van der Waals surface area (Å²) in [5.41, 5.74) is 2.73. The van der Waals surface area contributed by atoms with Crippen LogP contribution in [0.15, 0.2) is 34.7 Å². The molecule has 0 aliphatic heterocycles. The van der Waals surface area contributed by atoms with Gasteiger partial charge in [0, 0.05) is 11.3 Å². The lowest BCUT2D eigenvalue weighted by Gasteiger charge is -2.02. The predicted octanol–water partition coefficient (Wildman–Crippen LogP) is 3.89. The van der Waals surface area contributed by atoms with Crippen molar-refractivity contribution in [3.8, 4) is 0 Å². The zero-order valence-electron chi connectivity index (χ0n) is 10.3. The molecule has 0 unspecified atom stereocenters. The van der Waals surface area contributed by atoms with E-state index >= 15 is 0 Å². The SMILES string of the molecule is Cc1ccc(NC(=O)c2cc(CCl)c(C)o2)cc1. The van der Waals surface area contributed by atoms with Gasteiger partial charge >= 0.3 is 0 Å². The fraction of sp³-hybridized carbons (Fsp3) is 0.214. The molecule has 1 amide bonds. The summed E-state index contributed by atoms with van der Waals surface area (Å²) in [5, 5.41) is 2.77. The Morgan fingerprint density at radius 3 is 2.50 bits per heavy atom. The number of carbonyl (C=O) groups is 1. The fourth-order valence-corrected chi connectivity index (χ4v) is 1.86. The van der Waals surface area contributed by atoms with Gasteiger partial charge in [0.15, 0.2) is 5.76 Å². The van der Waals surface area contributed by atoms with Crippen LogP contribution >= 0.6 is 11.6 Å². The molecule has 1 aromatic heterocycles. The minimum absolute atomic E-state index is 0.265. The Kier molecular flexibility index (Phi) is 3.72. The highest BCUT2D eigenvalue weighted by Gasteiger charge is 2.13. The molecule has 0 radical (unpaired) electrons. The lowest BCUT2D eigenvalue weighted by molar-refractivity contribution is 0.0995. The number of halogens is 1. The van der Waals surface area contributed by atoms with Gasteiger partial charge in [-0.15, -0.1) is 11.6 Å². The van der Waals surface area contributed by atoms with Gasteiger partial charge in [-0.3, -0.25) is 4.79 Å². The number of carbonyl (C=O) groups excluding carboxylic acids is 1. The molecule has 0 atom stereocenters. The van der Waals surface area contributed by atoms with Crippen LogP contribution in [0.5, 0.6) is 0 Å². The van der Waals surface area contributed by atoms with Crippen LogP contribution in [0.1, 0.15) is 27.4 Å². The van der Waals surface area contributed by atoms with Crippen LogP contribution in [-0.2, 0) is 5.88 Å². The maximum atomic E-state index is 11.9. The van der Waals surface area contributed by atoms with Crippen molar-refractivity contribution in [2.75, 3.05) is 5.32 Å². The normalized spacial score (nSPS) is 10.4. The molecule has 1 heterocycles. The van der Waals surface area contributed by atoms with Gasteiger partial charge in [0.25, 0.3) is 5.91 Å². The average molecular weight is 264 g/mol. The van der Waals surface area contributed by atoms with Crippen molar-refractivity contribution in [3.05, 3.63) is 53.0 Å². The molecule has 0 bridgehead atoms. The third-order valence-corrected chi connectivity index (χ3v) is 2.99. The first-order valence-corrected chi connectivity index (χ1v) is 6.17. The van der Waals surface area contributed by atoms with Gasteiger partial charge in [0.1, 0.15) is 5.76 Å². The number of aryl methyl sites for hydroxylation is 2. The van der Waals surface area contributed by atoms with Crippen LogP contribution in [0, 0.1) is 13.8 Å². The summed E-state index contributed by atoms with van der Waals surface area (Å²) >= 11 is 5.74. The molecule has 3 nitrogen and oxygen atoms in total. The monoisotopic (exact) mass is 263 g/mol. The molecule has 0 spiro atoms. The molecular weight excluding hydrogens is 250 g/mol. The van der Waals surface area contributed by atoms with Gasteiger partial charge in [-0.05, 0) is 32.0 Å². The third kappa shape index (κ3) is 2.74. The first-order chi connectivity index (χ1) is 8.60. The second kappa shape index (κ2) is 5.27. The van der Waals surface area contributed by atoms with Crippen molar-refractivity contribution < 1.29 is 9.21 Å². The quantitative estimate of drug-likeness (QED) is 0.854. The zero-order valence-corrected chi connectivity index (χ0v) is 11.0. The van der Waals surface area contributed by atoms with E-state index in [1.807, 2.05) is 31.2 Å². The smallest absolute Gasteiger partial charge is 0.291 e. The molecule has 94 valence electrons. The van der Waals surface area contributed by atoms with Crippen molar-refractivity contribution in [2.45, 2.75) is 19.7 Å². The molecule has 0 saturated carbocycles. The third-order valence-electron chi connectivity index (χ3n) is 2.70. The Hall–Kier alpha value is -1.74. The highest BCUT2D eigenvalue weighted by atomic mass is 35.5. The number of hydrogen-bond donors (Lipinski definition) is 1. The fourth-order valence-electron chi connectivity index (χ4n) is 1.59. The Morgan fingerprint density at radius 2 is 1.94 bits per heavy atom. The summed E-state index contributed by atoms with van der Waals surface area (Å²) in [7, 11) is 0. The van der Waals surface area contributed by atoms with E-state index in [0.29, 0.717) is 11.6 Å². The van der Waals surface area contributed by atoms with E-state index in [4.69, 9.17) is 16.0 Å². The number of hydrogen-bond acceptors (Lipinski definition) is 2. The first-order valence-electron chi connectivity index (χ1n) is 5.63. The summed E-state index contributed by atoms with van der Waals surface area (Å²) in [4.78, 5) is 11.9. The molecule has 1 N–H and O–H groups in total. The second-order valence-electron chi connectivity index (χ2n) is 4.15. The van der Waals surface area contributed by atoms with Crippen molar-refractivity contribution in [1.29, 1.82) is 0 Å². The largest absolute Gasteiger partial charge is 0.456 e. The molecule has 0 fully saturated rings. The van der Waals surface area contributed by atoms with Gasteiger partial charge in [0.05, 0.1) is 5.88 Å². The number of benzene rings is 1. The number of rotatable bonds is 3. The van der Waals surface area contributed by atoms with E-state index in [-0.39, 0.29) is 11.7 Å². The van der Waals surface area contributed by atoms with E-state index in [1.165, 1.54) is 0 Å². The minimum atomic E-state index is -0.265. The van der Waals surface area contributed by atoms with Gasteiger partial charge in [0.2, 0.25) is 0 Å². The standard InChI is InChI=1S/C14H14ClNO2/c1-9-3-5-12(6-4-9)16-14(17)13-7-11(8-15)10(2)18-13/h3-7H,8H2,1-2H3,(H,16,17). The summed E-state index contributed by atoms with van der Waals surface area (Å²) in [6.07, 6.45) is 0. The molecule has 18 heavy (non-hydrogen) atoms. The summed E-state index contributed by atoms with van der Waals surface area (Å²) in [6.45, 7) is 3.79. The molecule has 4 heteroatoms. The number of amides is 1. The molecule has 2 aromatic rings. The topological polar surface area (TPSA) is 42.2 Å². The Labute approximate surface area is 111 Å². The zero-order chi connectivity index (χ0) is 13.1. The van der Waals surface area contributed by atoms with Gasteiger partial charge in [-0.1, -0.05) is 17.7 Å². The number of alkyl halides is 1. The van der Waals surface area contributed by atoms with Crippen molar-refractivity contribution in [3.63, 3.8) is 0 Å². The Bertz CT molecular complexity index is 558. The first kappa shape index (κ1) is 12.7. The molecule has 0 aliphatic rings. The molecular formula is C14H14ClNO2. The van der Waals surface area contributed by atoms with Crippen molar-refractivity contribution in [1.82, 2.24) is 0 Å². The van der Waals surface area contributed by atoms with E-state index in [9.17, 15) is 4.79 Å². The van der Waals surface area contributed by atoms with E-state index < -0.39 is 0 Å². The van der Waals surface area contributed by atoms with Crippen molar-refractivity contribution in [2.24, 2.45) is 0 Å². The molecule has 2 rings (SSSR count). The van der Waals surface area contributed by atoms with E-state index in [0.717, 1.165) is 16.8 Å². The average Bonchev–Trinajstić information content (AvgIpc) is 2.73. The van der Waals surface area contributed by atoms with Crippen LogP contribution < -0.4 is 5.32 Å². The van der Waals surface area contributed by atoms with Crippen LogP contribution in [0.3, 0.4) is 0 Å². The van der Waals surface area contributed by atoms with Gasteiger partial charge < -0.3 is 9.73 Å². The van der Waals surface area contributed by atoms with Crippen LogP contribution in [0.2, 0.25) is 0 Å². The summed E-state index contributed by atoms with van der Waals surface area (Å²) < 4.78 is 5.37. The number of anilines is 1. The molecule has 0 aliphatic carbocycles. The highest BCUT2D eigenvalue weighted by Crippen LogP contribution is 2.18. The van der Waals surface area contributed by atoms with Crippen LogP contribution in [-0.4, -0.2) is 5.91 Å². The summed E-state index contributed by atoms with van der Waals surface area (Å²) in [5.74, 6) is 1.04. The number of nitrogens with one attached hydrogen (secondary N) is 1. The lowest BCUT2D eigenvalue weighted by Crippen LogP contribution is -2.10. The van der Waals surface area contributed by atoms with Gasteiger partial charge in [-0.25, -0.2) is 0 Å². The van der Waals surface area contributed by atoms with Crippen LogP contribution in [0.4, 0.5) is 5.69 Å². The minimum Gasteiger partial charge on any atom is -0.456 e. The second-order valence-corrected chi connectivity index (χ2v) is 4.41. The maximum absolute atomic E-state index is 11.9. The number of furan rings is 1. The van der Waals surface area contributed by atoms with E-state index in [2.05, 4.69) is 5.32 Å². The van der Waals surface area contributed by atoms with E-state index in [1.54, 1.807) is 13.0 Å². The lowest BCUT2D eigenvalue weighted by atomic mass is 10.2. The van der Waals surface area contributed by atoms with Gasteiger partial charge in [-0.2, -0.15) is 0 Å². The molecule has 1 aromatic carbocycles. The van der Waals surface area contributed by atoms with Crippen molar-refractivity contribution >= 4 is 23.2 Å². The summed E-state index contributed by atoms with van der Waals surface area (Å²) in [6, 6.07) is 9.25. The highest BCUT2D eigenvalue weighted by molar-refractivity contribution is 6.17. The predicted molar refractivity (Wildman–Crippen MR) is 72.1 cm³/mol. The maximum Gasteiger partial charge on any atom is 0.291 e.